The van der Waals surface area contributed by atoms with E-state index in [1.54, 1.807) is 0 Å². The van der Waals surface area contributed by atoms with Gasteiger partial charge in [0.25, 0.3) is 0 Å². The Hall–Kier alpha value is -2.19. The standard InChI is InChI=1S/C21H28BrN7/c1-13(2)29-12-25-18-19(24-11-14-7-9-15(22)10-8-14)27-21(28-20(18)29)26-17-6-4-3-5-16(17)23/h7-10,12-13,16-17H,3-6,11,23H2,1-2H3,(H2,24,26,27,28). The molecule has 8 heteroatoms. The number of nitrogens with two attached hydrogens (primary N) is 1. The zero-order valence-corrected chi connectivity index (χ0v) is 18.5. The molecule has 2 unspecified atom stereocenters. The van der Waals surface area contributed by atoms with Gasteiger partial charge in [0.2, 0.25) is 5.95 Å². The third-order valence-corrected chi connectivity index (χ3v) is 6.01. The van der Waals surface area contributed by atoms with E-state index in [1.807, 2.05) is 18.5 Å². The summed E-state index contributed by atoms with van der Waals surface area (Å²) in [6.07, 6.45) is 6.31. The fourth-order valence-corrected chi connectivity index (χ4v) is 4.04. The van der Waals surface area contributed by atoms with Crippen molar-refractivity contribution in [3.63, 3.8) is 0 Å². The first kappa shape index (κ1) is 20.1. The highest BCUT2D eigenvalue weighted by molar-refractivity contribution is 9.10. The minimum atomic E-state index is 0.136. The van der Waals surface area contributed by atoms with E-state index in [-0.39, 0.29) is 18.1 Å². The van der Waals surface area contributed by atoms with Crippen molar-refractivity contribution in [3.8, 4) is 0 Å². The highest BCUT2D eigenvalue weighted by Crippen LogP contribution is 2.26. The second kappa shape index (κ2) is 8.67. The highest BCUT2D eigenvalue weighted by atomic mass is 79.9. The number of hydrogen-bond donors (Lipinski definition) is 3. The number of imidazole rings is 1. The predicted octanol–water partition coefficient (Wildman–Crippen LogP) is 4.46. The molecule has 2 aromatic heterocycles. The summed E-state index contributed by atoms with van der Waals surface area (Å²) in [5, 5.41) is 6.94. The van der Waals surface area contributed by atoms with Crippen LogP contribution in [-0.2, 0) is 6.54 Å². The number of rotatable bonds is 6. The van der Waals surface area contributed by atoms with Gasteiger partial charge in [0.1, 0.15) is 0 Å². The summed E-state index contributed by atoms with van der Waals surface area (Å²) in [5.41, 5.74) is 9.12. The van der Waals surface area contributed by atoms with Crippen LogP contribution in [0.2, 0.25) is 0 Å². The Balaban J connectivity index is 1.64. The number of nitrogens with zero attached hydrogens (tertiary/aromatic N) is 4. The lowest BCUT2D eigenvalue weighted by atomic mass is 9.91. The van der Waals surface area contributed by atoms with Crippen LogP contribution < -0.4 is 16.4 Å². The second-order valence-electron chi connectivity index (χ2n) is 7.99. The van der Waals surface area contributed by atoms with Crippen LogP contribution in [0.25, 0.3) is 11.2 Å². The van der Waals surface area contributed by atoms with Crippen molar-refractivity contribution in [2.24, 2.45) is 5.73 Å². The number of anilines is 2. The summed E-state index contributed by atoms with van der Waals surface area (Å²) < 4.78 is 3.14. The minimum absolute atomic E-state index is 0.136. The zero-order valence-electron chi connectivity index (χ0n) is 16.9. The lowest BCUT2D eigenvalue weighted by Crippen LogP contribution is -2.43. The van der Waals surface area contributed by atoms with Crippen LogP contribution in [-0.4, -0.2) is 31.6 Å². The van der Waals surface area contributed by atoms with Gasteiger partial charge >= 0.3 is 0 Å². The minimum Gasteiger partial charge on any atom is -0.364 e. The number of nitrogens with one attached hydrogen (secondary N) is 2. The fraction of sp³-hybridized carbons (Fsp3) is 0.476. The lowest BCUT2D eigenvalue weighted by Gasteiger charge is -2.29. The van der Waals surface area contributed by atoms with Crippen molar-refractivity contribution in [1.82, 2.24) is 19.5 Å². The molecule has 4 rings (SSSR count). The molecule has 1 aliphatic carbocycles. The maximum atomic E-state index is 6.33. The molecular weight excluding hydrogens is 430 g/mol. The van der Waals surface area contributed by atoms with Crippen LogP contribution in [0.1, 0.15) is 51.1 Å². The number of benzene rings is 1. The van der Waals surface area contributed by atoms with E-state index in [9.17, 15) is 0 Å². The Kier molecular flexibility index (Phi) is 6.01. The maximum Gasteiger partial charge on any atom is 0.227 e. The Morgan fingerprint density at radius 1 is 1.17 bits per heavy atom. The number of fused-ring (bicyclic) bond motifs is 1. The van der Waals surface area contributed by atoms with Crippen molar-refractivity contribution >= 4 is 38.9 Å². The molecule has 0 spiro atoms. The topological polar surface area (TPSA) is 93.7 Å². The quantitative estimate of drug-likeness (QED) is 0.505. The lowest BCUT2D eigenvalue weighted by molar-refractivity contribution is 0.402. The molecule has 154 valence electrons. The van der Waals surface area contributed by atoms with E-state index in [0.717, 1.165) is 34.3 Å². The van der Waals surface area contributed by atoms with Gasteiger partial charge in [-0.05, 0) is 44.4 Å². The van der Waals surface area contributed by atoms with Gasteiger partial charge in [0.15, 0.2) is 17.0 Å². The van der Waals surface area contributed by atoms with Crippen LogP contribution >= 0.6 is 15.9 Å². The van der Waals surface area contributed by atoms with Gasteiger partial charge in [0.05, 0.1) is 6.33 Å². The first-order chi connectivity index (χ1) is 14.0. The second-order valence-corrected chi connectivity index (χ2v) is 8.91. The van der Waals surface area contributed by atoms with E-state index in [4.69, 9.17) is 15.7 Å². The van der Waals surface area contributed by atoms with Crippen molar-refractivity contribution in [2.45, 2.75) is 64.2 Å². The Bertz CT molecular complexity index is 967. The molecule has 1 fully saturated rings. The Labute approximate surface area is 179 Å². The van der Waals surface area contributed by atoms with Gasteiger partial charge in [-0.1, -0.05) is 40.9 Å². The average Bonchev–Trinajstić information content (AvgIpc) is 3.13. The van der Waals surface area contributed by atoms with E-state index >= 15 is 0 Å². The third-order valence-electron chi connectivity index (χ3n) is 5.48. The Morgan fingerprint density at radius 3 is 2.66 bits per heavy atom. The molecule has 2 atom stereocenters. The molecule has 7 nitrogen and oxygen atoms in total. The summed E-state index contributed by atoms with van der Waals surface area (Å²) in [4.78, 5) is 14.1. The van der Waals surface area contributed by atoms with Crippen LogP contribution in [0, 0.1) is 0 Å². The smallest absolute Gasteiger partial charge is 0.227 e. The Morgan fingerprint density at radius 2 is 1.93 bits per heavy atom. The number of hydrogen-bond acceptors (Lipinski definition) is 6. The summed E-state index contributed by atoms with van der Waals surface area (Å²) >= 11 is 3.48. The van der Waals surface area contributed by atoms with Crippen molar-refractivity contribution in [2.75, 3.05) is 10.6 Å². The van der Waals surface area contributed by atoms with Crippen LogP contribution in [0.4, 0.5) is 11.8 Å². The molecule has 0 radical (unpaired) electrons. The highest BCUT2D eigenvalue weighted by Gasteiger charge is 2.23. The molecule has 0 amide bonds. The number of aromatic nitrogens is 4. The first-order valence-corrected chi connectivity index (χ1v) is 11.1. The van der Waals surface area contributed by atoms with E-state index in [2.05, 4.69) is 62.1 Å². The van der Waals surface area contributed by atoms with Crippen LogP contribution in [0.15, 0.2) is 35.1 Å². The van der Waals surface area contributed by atoms with Gasteiger partial charge in [0, 0.05) is 29.1 Å². The molecule has 3 aromatic rings. The van der Waals surface area contributed by atoms with Gasteiger partial charge in [-0.2, -0.15) is 9.97 Å². The van der Waals surface area contributed by atoms with Gasteiger partial charge in [-0.25, -0.2) is 4.98 Å². The molecule has 0 aliphatic heterocycles. The normalized spacial score (nSPS) is 19.6. The van der Waals surface area contributed by atoms with Gasteiger partial charge in [-0.15, -0.1) is 0 Å². The van der Waals surface area contributed by atoms with Crippen molar-refractivity contribution in [1.29, 1.82) is 0 Å². The molecular formula is C21H28BrN7. The monoisotopic (exact) mass is 457 g/mol. The summed E-state index contributed by atoms with van der Waals surface area (Å²) in [6, 6.07) is 8.85. The first-order valence-electron chi connectivity index (χ1n) is 10.3. The molecule has 1 aliphatic rings. The molecule has 0 saturated heterocycles. The van der Waals surface area contributed by atoms with Crippen LogP contribution in [0.5, 0.6) is 0 Å². The molecule has 1 aromatic carbocycles. The molecule has 4 N–H and O–H groups in total. The van der Waals surface area contributed by atoms with E-state index in [0.29, 0.717) is 12.5 Å². The molecule has 0 bridgehead atoms. The average molecular weight is 458 g/mol. The maximum absolute atomic E-state index is 6.33. The molecule has 29 heavy (non-hydrogen) atoms. The zero-order chi connectivity index (χ0) is 20.4. The van der Waals surface area contributed by atoms with Gasteiger partial charge < -0.3 is 20.9 Å². The van der Waals surface area contributed by atoms with Crippen molar-refractivity contribution < 1.29 is 0 Å². The number of halogens is 1. The van der Waals surface area contributed by atoms with E-state index < -0.39 is 0 Å². The third kappa shape index (κ3) is 4.53. The summed E-state index contributed by atoms with van der Waals surface area (Å²) in [6.45, 7) is 4.92. The van der Waals surface area contributed by atoms with Crippen LogP contribution in [0.3, 0.4) is 0 Å². The fourth-order valence-electron chi connectivity index (χ4n) is 3.77. The summed E-state index contributed by atoms with van der Waals surface area (Å²) in [7, 11) is 0. The van der Waals surface area contributed by atoms with Gasteiger partial charge in [-0.3, -0.25) is 0 Å². The summed E-state index contributed by atoms with van der Waals surface area (Å²) in [5.74, 6) is 1.35. The SMILES string of the molecule is CC(C)n1cnc2c(NCc3ccc(Br)cc3)nc(NC3CCCCC3N)nc21. The molecule has 1 saturated carbocycles. The largest absolute Gasteiger partial charge is 0.364 e. The molecule has 2 heterocycles. The van der Waals surface area contributed by atoms with E-state index in [1.165, 1.54) is 18.4 Å². The van der Waals surface area contributed by atoms with Crippen molar-refractivity contribution in [3.05, 3.63) is 40.6 Å². The predicted molar refractivity (Wildman–Crippen MR) is 121 cm³/mol.